The predicted octanol–water partition coefficient (Wildman–Crippen LogP) is 1.68. The number of carbonyl (C=O) groups excluding carboxylic acids is 2. The Balaban J connectivity index is 2.21. The van der Waals surface area contributed by atoms with Crippen molar-refractivity contribution in [2.75, 3.05) is 30.5 Å². The van der Waals surface area contributed by atoms with Gasteiger partial charge in [0.1, 0.15) is 13.2 Å². The van der Waals surface area contributed by atoms with Crippen molar-refractivity contribution in [3.8, 4) is 11.5 Å². The van der Waals surface area contributed by atoms with Crippen molar-refractivity contribution in [2.24, 2.45) is 5.73 Å². The van der Waals surface area contributed by atoms with Gasteiger partial charge in [-0.15, -0.1) is 0 Å². The maximum absolute atomic E-state index is 12.1. The summed E-state index contributed by atoms with van der Waals surface area (Å²) in [5.74, 6) is 1.36. The van der Waals surface area contributed by atoms with Crippen molar-refractivity contribution in [1.82, 2.24) is 0 Å². The second kappa shape index (κ2) is 7.51. The van der Waals surface area contributed by atoms with Gasteiger partial charge in [0, 0.05) is 11.6 Å². The maximum Gasteiger partial charge on any atom is 0.241 e. The topological polar surface area (TPSA) is 90.7 Å². The first-order chi connectivity index (χ1) is 10.5. The second-order valence-electron chi connectivity index (χ2n) is 4.97. The molecular weight excluding hydrogens is 304 g/mol. The Morgan fingerprint density at radius 3 is 2.55 bits per heavy atom. The lowest BCUT2D eigenvalue weighted by Gasteiger charge is -2.21. The highest BCUT2D eigenvalue weighted by Crippen LogP contribution is 2.35. The summed E-state index contributed by atoms with van der Waals surface area (Å²) >= 11 is 1.63. The van der Waals surface area contributed by atoms with Crippen LogP contribution in [0.5, 0.6) is 11.5 Å². The monoisotopic (exact) mass is 324 g/mol. The molecule has 1 amide bonds. The van der Waals surface area contributed by atoms with Gasteiger partial charge in [0.2, 0.25) is 5.91 Å². The van der Waals surface area contributed by atoms with Crippen LogP contribution < -0.4 is 20.5 Å². The van der Waals surface area contributed by atoms with Crippen LogP contribution in [0.4, 0.5) is 5.69 Å². The van der Waals surface area contributed by atoms with Crippen molar-refractivity contribution in [3.63, 3.8) is 0 Å². The molecule has 0 saturated carbocycles. The summed E-state index contributed by atoms with van der Waals surface area (Å²) in [4.78, 5) is 23.9. The fourth-order valence-electron chi connectivity index (χ4n) is 2.08. The molecule has 0 aromatic heterocycles. The van der Waals surface area contributed by atoms with E-state index in [1.54, 1.807) is 23.9 Å². The van der Waals surface area contributed by atoms with E-state index in [1.807, 2.05) is 6.26 Å². The van der Waals surface area contributed by atoms with Gasteiger partial charge in [-0.2, -0.15) is 11.8 Å². The average Bonchev–Trinajstić information content (AvgIpc) is 2.51. The van der Waals surface area contributed by atoms with Crippen LogP contribution in [0.15, 0.2) is 12.1 Å². The molecule has 1 aromatic rings. The molecule has 0 saturated heterocycles. The number of carbonyl (C=O) groups is 2. The largest absolute Gasteiger partial charge is 0.486 e. The van der Waals surface area contributed by atoms with E-state index < -0.39 is 6.04 Å². The molecule has 0 aliphatic carbocycles. The number of benzene rings is 1. The molecule has 3 N–H and O–H groups in total. The van der Waals surface area contributed by atoms with Crippen molar-refractivity contribution in [3.05, 3.63) is 17.7 Å². The number of nitrogens with two attached hydrogens (primary N) is 1. The minimum Gasteiger partial charge on any atom is -0.486 e. The molecule has 0 radical (unpaired) electrons. The number of fused-ring (bicyclic) bond motifs is 1. The molecule has 120 valence electrons. The van der Waals surface area contributed by atoms with E-state index in [9.17, 15) is 9.59 Å². The van der Waals surface area contributed by atoms with Crippen LogP contribution in [0.3, 0.4) is 0 Å². The van der Waals surface area contributed by atoms with Crippen molar-refractivity contribution >= 4 is 29.1 Å². The third-order valence-corrected chi connectivity index (χ3v) is 3.93. The number of rotatable bonds is 6. The van der Waals surface area contributed by atoms with Gasteiger partial charge in [0.05, 0.1) is 11.7 Å². The van der Waals surface area contributed by atoms with Gasteiger partial charge >= 0.3 is 0 Å². The number of Topliss-reactive ketones (excluding diaryl/α,β-unsaturated/α-hetero) is 1. The van der Waals surface area contributed by atoms with E-state index in [0.29, 0.717) is 42.4 Å². The van der Waals surface area contributed by atoms with Crippen molar-refractivity contribution in [1.29, 1.82) is 0 Å². The molecule has 7 heteroatoms. The number of ether oxygens (including phenoxy) is 2. The van der Waals surface area contributed by atoms with E-state index in [0.717, 1.165) is 5.75 Å². The molecule has 2 rings (SSSR count). The smallest absolute Gasteiger partial charge is 0.241 e. The Morgan fingerprint density at radius 1 is 1.32 bits per heavy atom. The van der Waals surface area contributed by atoms with Crippen molar-refractivity contribution < 1.29 is 19.1 Å². The highest BCUT2D eigenvalue weighted by atomic mass is 32.2. The lowest BCUT2D eigenvalue weighted by atomic mass is 10.1. The van der Waals surface area contributed by atoms with Gasteiger partial charge in [-0.3, -0.25) is 9.59 Å². The molecule has 0 fully saturated rings. The molecule has 22 heavy (non-hydrogen) atoms. The highest BCUT2D eigenvalue weighted by molar-refractivity contribution is 7.98. The van der Waals surface area contributed by atoms with Crippen LogP contribution in [0, 0.1) is 0 Å². The molecule has 1 aliphatic heterocycles. The molecule has 1 aromatic carbocycles. The molecule has 1 heterocycles. The lowest BCUT2D eigenvalue weighted by molar-refractivity contribution is -0.117. The fourth-order valence-corrected chi connectivity index (χ4v) is 2.57. The normalized spacial score (nSPS) is 14.3. The third-order valence-electron chi connectivity index (χ3n) is 3.29. The summed E-state index contributed by atoms with van der Waals surface area (Å²) in [7, 11) is 0. The molecule has 1 aliphatic rings. The first-order valence-electron chi connectivity index (χ1n) is 7.03. The van der Waals surface area contributed by atoms with Gasteiger partial charge in [0.25, 0.3) is 0 Å². The van der Waals surface area contributed by atoms with E-state index >= 15 is 0 Å². The Morgan fingerprint density at radius 2 is 1.95 bits per heavy atom. The molecule has 1 atom stereocenters. The SMILES string of the molecule is CSCC[C@H](N)C(=O)Nc1cc2c(cc1C(C)=O)OCCO2. The summed E-state index contributed by atoms with van der Waals surface area (Å²) in [5, 5.41) is 2.72. The fraction of sp³-hybridized carbons (Fsp3) is 0.467. The zero-order valence-corrected chi connectivity index (χ0v) is 13.5. The van der Waals surface area contributed by atoms with Gasteiger partial charge < -0.3 is 20.5 Å². The number of nitrogens with one attached hydrogen (secondary N) is 1. The molecule has 0 bridgehead atoms. The molecule has 0 spiro atoms. The molecule has 0 unspecified atom stereocenters. The van der Waals surface area contributed by atoms with Crippen LogP contribution in [0.1, 0.15) is 23.7 Å². The summed E-state index contributed by atoms with van der Waals surface area (Å²) in [6.45, 7) is 2.32. The third kappa shape index (κ3) is 3.92. The van der Waals surface area contributed by atoms with Gasteiger partial charge in [-0.25, -0.2) is 0 Å². The Labute approximate surface area is 133 Å². The lowest BCUT2D eigenvalue weighted by Crippen LogP contribution is -2.36. The number of thioether (sulfide) groups is 1. The average molecular weight is 324 g/mol. The highest BCUT2D eigenvalue weighted by Gasteiger charge is 2.21. The van der Waals surface area contributed by atoms with Crippen molar-refractivity contribution in [2.45, 2.75) is 19.4 Å². The van der Waals surface area contributed by atoms with Gasteiger partial charge in [0.15, 0.2) is 17.3 Å². The number of amides is 1. The maximum atomic E-state index is 12.1. The first-order valence-corrected chi connectivity index (χ1v) is 8.42. The zero-order valence-electron chi connectivity index (χ0n) is 12.7. The standard InChI is InChI=1S/C15H20N2O4S/c1-9(18)10-7-13-14(21-5-4-20-13)8-12(10)17-15(19)11(16)3-6-22-2/h7-8,11H,3-6,16H2,1-2H3,(H,17,19)/t11-/m0/s1. The van der Waals surface area contributed by atoms with Crippen LogP contribution in [-0.4, -0.2) is 43.0 Å². The van der Waals surface area contributed by atoms with Gasteiger partial charge in [-0.05, 0) is 31.4 Å². The quantitative estimate of drug-likeness (QED) is 0.774. The van der Waals surface area contributed by atoms with E-state index in [4.69, 9.17) is 15.2 Å². The zero-order chi connectivity index (χ0) is 16.1. The Kier molecular flexibility index (Phi) is 5.68. The molecule has 6 nitrogen and oxygen atoms in total. The summed E-state index contributed by atoms with van der Waals surface area (Å²) < 4.78 is 10.9. The number of hydrogen-bond acceptors (Lipinski definition) is 6. The van der Waals surface area contributed by atoms with Crippen LogP contribution in [0.25, 0.3) is 0 Å². The first kappa shape index (κ1) is 16.6. The van der Waals surface area contributed by atoms with Crippen LogP contribution in [-0.2, 0) is 4.79 Å². The predicted molar refractivity (Wildman–Crippen MR) is 87.0 cm³/mol. The minimum absolute atomic E-state index is 0.162. The summed E-state index contributed by atoms with van der Waals surface area (Å²) in [5.41, 5.74) is 6.64. The number of anilines is 1. The van der Waals surface area contributed by atoms with E-state index in [2.05, 4.69) is 5.32 Å². The van der Waals surface area contributed by atoms with E-state index in [-0.39, 0.29) is 11.7 Å². The Bertz CT molecular complexity index is 577. The van der Waals surface area contributed by atoms with E-state index in [1.165, 1.54) is 6.92 Å². The van der Waals surface area contributed by atoms with Crippen LogP contribution >= 0.6 is 11.8 Å². The minimum atomic E-state index is -0.611. The van der Waals surface area contributed by atoms with Gasteiger partial charge in [-0.1, -0.05) is 0 Å². The summed E-state index contributed by atoms with van der Waals surface area (Å²) in [6.07, 6.45) is 2.53. The number of ketones is 1. The summed E-state index contributed by atoms with van der Waals surface area (Å²) in [6, 6.07) is 2.60. The van der Waals surface area contributed by atoms with Crippen LogP contribution in [0.2, 0.25) is 0 Å². The molecular formula is C15H20N2O4S. The Hall–Kier alpha value is -1.73. The second-order valence-corrected chi connectivity index (χ2v) is 5.96. The number of hydrogen-bond donors (Lipinski definition) is 2.